The van der Waals surface area contributed by atoms with Gasteiger partial charge in [0.05, 0.1) is 11.6 Å². The molecule has 156 valence electrons. The van der Waals surface area contributed by atoms with Gasteiger partial charge in [0.1, 0.15) is 12.4 Å². The second kappa shape index (κ2) is 7.12. The number of hydrogen-bond donors (Lipinski definition) is 2. The molecule has 7 atom stereocenters. The number of rotatable bonds is 4. The van der Waals surface area contributed by atoms with E-state index in [1.807, 2.05) is 0 Å². The normalized spacial score (nSPS) is 46.6. The summed E-state index contributed by atoms with van der Waals surface area (Å²) in [4.78, 5) is 30.2. The average molecular weight is 391 g/mol. The van der Waals surface area contributed by atoms with Gasteiger partial charge in [0.25, 0.3) is 0 Å². The van der Waals surface area contributed by atoms with Gasteiger partial charge in [-0.2, -0.15) is 0 Å². The second-order valence-corrected chi connectivity index (χ2v) is 10.1. The van der Waals surface area contributed by atoms with Crippen molar-refractivity contribution in [1.82, 2.24) is 0 Å². The fourth-order valence-electron chi connectivity index (χ4n) is 7.46. The van der Waals surface area contributed by atoms with Crippen LogP contribution in [0.3, 0.4) is 0 Å². The van der Waals surface area contributed by atoms with Crippen molar-refractivity contribution < 1.29 is 19.5 Å². The first-order valence-corrected chi connectivity index (χ1v) is 10.9. The molecule has 0 saturated heterocycles. The Kier molecular flexibility index (Phi) is 5.05. The molecule has 0 aromatic heterocycles. The topological polar surface area (TPSA) is 102 Å². The van der Waals surface area contributed by atoms with Crippen LogP contribution in [0.5, 0.6) is 0 Å². The molecule has 4 saturated carbocycles. The van der Waals surface area contributed by atoms with Crippen LogP contribution >= 0.6 is 0 Å². The van der Waals surface area contributed by atoms with Crippen LogP contribution in [-0.4, -0.2) is 35.7 Å². The molecule has 0 unspecified atom stereocenters. The lowest BCUT2D eigenvalue weighted by Gasteiger charge is -2.61. The van der Waals surface area contributed by atoms with Crippen molar-refractivity contribution in [2.24, 2.45) is 51.3 Å². The highest BCUT2D eigenvalue weighted by Gasteiger charge is 2.63. The number of carbonyl (C=O) groups excluding carboxylic acids is 1. The summed E-state index contributed by atoms with van der Waals surface area (Å²) in [6.45, 7) is 5.29. The minimum Gasteiger partial charge on any atom is -0.481 e. The molecule has 6 heteroatoms. The minimum atomic E-state index is -0.685. The minimum absolute atomic E-state index is 0.00578. The Bertz CT molecular complexity index is 692. The molecule has 0 aromatic rings. The van der Waals surface area contributed by atoms with E-state index in [9.17, 15) is 14.7 Å². The number of hydrogen-bond acceptors (Lipinski definition) is 5. The Hall–Kier alpha value is -1.43. The molecule has 0 bridgehead atoms. The number of oxime groups is 1. The van der Waals surface area contributed by atoms with Gasteiger partial charge in [0, 0.05) is 18.4 Å². The van der Waals surface area contributed by atoms with E-state index in [4.69, 9.17) is 10.6 Å². The molecule has 0 radical (unpaired) electrons. The monoisotopic (exact) mass is 390 g/mol. The van der Waals surface area contributed by atoms with Gasteiger partial charge in [-0.25, -0.2) is 0 Å². The van der Waals surface area contributed by atoms with E-state index in [2.05, 4.69) is 19.0 Å². The van der Waals surface area contributed by atoms with Crippen molar-refractivity contribution in [3.8, 4) is 0 Å². The highest BCUT2D eigenvalue weighted by atomic mass is 16.6. The summed E-state index contributed by atoms with van der Waals surface area (Å²) < 4.78 is 0. The lowest BCUT2D eigenvalue weighted by Crippen LogP contribution is -2.57. The smallest absolute Gasteiger partial charge is 0.306 e. The summed E-state index contributed by atoms with van der Waals surface area (Å²) in [6, 6.07) is 0. The van der Waals surface area contributed by atoms with Crippen LogP contribution in [0.1, 0.15) is 65.2 Å². The van der Waals surface area contributed by atoms with Gasteiger partial charge in [0.2, 0.25) is 0 Å². The van der Waals surface area contributed by atoms with E-state index < -0.39 is 5.97 Å². The van der Waals surface area contributed by atoms with Gasteiger partial charge in [-0.15, -0.1) is 0 Å². The summed E-state index contributed by atoms with van der Waals surface area (Å²) >= 11 is 0. The van der Waals surface area contributed by atoms with Crippen molar-refractivity contribution in [3.63, 3.8) is 0 Å². The summed E-state index contributed by atoms with van der Waals surface area (Å²) in [5.41, 5.74) is 6.25. The predicted molar refractivity (Wildman–Crippen MR) is 106 cm³/mol. The summed E-state index contributed by atoms with van der Waals surface area (Å²) in [6.07, 6.45) is 6.91. The van der Waals surface area contributed by atoms with Crippen LogP contribution in [0.4, 0.5) is 0 Å². The first-order chi connectivity index (χ1) is 13.3. The molecular weight excluding hydrogens is 356 g/mol. The van der Waals surface area contributed by atoms with Crippen molar-refractivity contribution in [2.45, 2.75) is 65.2 Å². The first-order valence-electron chi connectivity index (χ1n) is 10.9. The molecular formula is C22H34N2O4. The van der Waals surface area contributed by atoms with Crippen LogP contribution in [-0.2, 0) is 14.4 Å². The van der Waals surface area contributed by atoms with Gasteiger partial charge < -0.3 is 15.7 Å². The number of nitrogens with zero attached hydrogens (tertiary/aromatic N) is 1. The largest absolute Gasteiger partial charge is 0.481 e. The Balaban J connectivity index is 1.63. The zero-order valence-corrected chi connectivity index (χ0v) is 17.2. The number of ketones is 1. The lowest BCUT2D eigenvalue weighted by molar-refractivity contribution is -0.164. The summed E-state index contributed by atoms with van der Waals surface area (Å²) in [5.74, 6) is 0.705. The molecule has 0 aliphatic heterocycles. The van der Waals surface area contributed by atoms with E-state index in [0.717, 1.165) is 37.8 Å². The third kappa shape index (κ3) is 2.90. The molecule has 3 N–H and O–H groups in total. The zero-order chi connectivity index (χ0) is 20.1. The number of nitrogens with two attached hydrogens (primary N) is 1. The van der Waals surface area contributed by atoms with Crippen molar-refractivity contribution in [1.29, 1.82) is 0 Å². The highest BCUT2D eigenvalue weighted by molar-refractivity contribution is 5.87. The van der Waals surface area contributed by atoms with E-state index >= 15 is 0 Å². The molecule has 0 aromatic carbocycles. The molecule has 4 aliphatic carbocycles. The third-order valence-corrected chi connectivity index (χ3v) is 8.98. The molecule has 4 aliphatic rings. The quantitative estimate of drug-likeness (QED) is 0.567. The van der Waals surface area contributed by atoms with E-state index in [-0.39, 0.29) is 22.7 Å². The molecule has 0 amide bonds. The molecule has 4 rings (SSSR count). The number of aliphatic carboxylic acids is 1. The Morgan fingerprint density at radius 3 is 2.71 bits per heavy atom. The fraction of sp³-hybridized carbons (Fsp3) is 0.864. The Labute approximate surface area is 167 Å². The molecule has 28 heavy (non-hydrogen) atoms. The van der Waals surface area contributed by atoms with Crippen molar-refractivity contribution >= 4 is 17.5 Å². The van der Waals surface area contributed by atoms with E-state index in [1.54, 1.807) is 0 Å². The van der Waals surface area contributed by atoms with Crippen molar-refractivity contribution in [3.05, 3.63) is 0 Å². The second-order valence-electron chi connectivity index (χ2n) is 10.1. The Morgan fingerprint density at radius 1 is 1.21 bits per heavy atom. The van der Waals surface area contributed by atoms with E-state index in [1.165, 1.54) is 0 Å². The van der Waals surface area contributed by atoms with Crippen LogP contribution in [0.15, 0.2) is 5.16 Å². The van der Waals surface area contributed by atoms with Gasteiger partial charge in [-0.3, -0.25) is 9.59 Å². The zero-order valence-electron chi connectivity index (χ0n) is 17.2. The summed E-state index contributed by atoms with van der Waals surface area (Å²) in [7, 11) is 0. The lowest BCUT2D eigenvalue weighted by atomic mass is 9.43. The van der Waals surface area contributed by atoms with Gasteiger partial charge in [0.15, 0.2) is 0 Å². The van der Waals surface area contributed by atoms with Crippen molar-refractivity contribution in [2.75, 3.05) is 13.2 Å². The fourth-order valence-corrected chi connectivity index (χ4v) is 7.46. The molecule has 0 spiro atoms. The first kappa shape index (κ1) is 19.9. The number of Topliss-reactive ketones (excluding diaryl/α,β-unsaturated/α-hetero) is 1. The average Bonchev–Trinajstić information content (AvgIpc) is 2.96. The maximum atomic E-state index is 12.6. The van der Waals surface area contributed by atoms with Gasteiger partial charge in [-0.05, 0) is 74.0 Å². The van der Waals surface area contributed by atoms with Crippen LogP contribution in [0.25, 0.3) is 0 Å². The van der Waals surface area contributed by atoms with Gasteiger partial charge in [-0.1, -0.05) is 19.0 Å². The maximum absolute atomic E-state index is 12.6. The molecule has 0 heterocycles. The SMILES string of the molecule is C[C@]12CC/C(=N\OCCN)C[C@@H]1[C@@H](C(=O)O)C[C@@H]1[C@@H]2CC[C@]2(C)C(=O)CC[C@@H]12. The maximum Gasteiger partial charge on any atom is 0.306 e. The highest BCUT2D eigenvalue weighted by Crippen LogP contribution is 2.66. The standard InChI is InChI=1S/C22H34N2O4/c1-21-7-5-13(24-28-10-9-23)11-18(21)15(20(26)27)12-14-16-3-4-19(25)22(16,2)8-6-17(14)21/h14-18H,3-12,23H2,1-2H3,(H,26,27)/b24-13+/t14-,15-,16-,17-,18+,21+,22-/m0/s1. The van der Waals surface area contributed by atoms with Crippen LogP contribution in [0, 0.1) is 40.4 Å². The number of carboxylic acid groups (broad SMARTS) is 1. The molecule has 4 fully saturated rings. The van der Waals surface area contributed by atoms with E-state index in [0.29, 0.717) is 56.0 Å². The number of carbonyl (C=O) groups is 2. The third-order valence-electron chi connectivity index (χ3n) is 8.98. The van der Waals surface area contributed by atoms with Crippen LogP contribution in [0.2, 0.25) is 0 Å². The Morgan fingerprint density at radius 2 is 2.00 bits per heavy atom. The number of carboxylic acids is 1. The number of fused-ring (bicyclic) bond motifs is 5. The van der Waals surface area contributed by atoms with Crippen LogP contribution < -0.4 is 5.73 Å². The van der Waals surface area contributed by atoms with Gasteiger partial charge >= 0.3 is 5.97 Å². The molecule has 6 nitrogen and oxygen atoms in total. The summed E-state index contributed by atoms with van der Waals surface area (Å²) in [5, 5.41) is 14.4. The predicted octanol–water partition coefficient (Wildman–Crippen LogP) is 3.24.